The Hall–Kier alpha value is -1.06. The minimum absolute atomic E-state index is 0.444. The second kappa shape index (κ2) is 9.06. The quantitative estimate of drug-likeness (QED) is 0.740. The average molecular weight is 291 g/mol. The fourth-order valence-corrected chi connectivity index (χ4v) is 3.19. The van der Waals surface area contributed by atoms with Crippen molar-refractivity contribution in [2.24, 2.45) is 5.92 Å². The number of benzene rings is 1. The molecule has 21 heavy (non-hydrogen) atoms. The van der Waals surface area contributed by atoms with E-state index < -0.39 is 0 Å². The standard InChI is InChI=1S/C18H29NO2/c1-3-15-8-4-6-10-17(15)20-12-13-21-18-11-7-5-9-16(18)14-19-2/h5,7,9,11,15,17,19H,3-4,6,8,10,12-14H2,1-2H3. The molecule has 1 N–H and O–H groups in total. The molecule has 0 heterocycles. The van der Waals surface area contributed by atoms with Crippen LogP contribution in [0.4, 0.5) is 0 Å². The summed E-state index contributed by atoms with van der Waals surface area (Å²) in [6.45, 7) is 4.43. The molecule has 2 unspecified atom stereocenters. The summed E-state index contributed by atoms with van der Waals surface area (Å²) in [6.07, 6.45) is 6.90. The molecule has 1 aromatic carbocycles. The molecule has 2 rings (SSSR count). The van der Waals surface area contributed by atoms with E-state index in [-0.39, 0.29) is 0 Å². The summed E-state index contributed by atoms with van der Waals surface area (Å²) < 4.78 is 12.0. The number of hydrogen-bond acceptors (Lipinski definition) is 3. The molecule has 3 nitrogen and oxygen atoms in total. The Morgan fingerprint density at radius 3 is 2.76 bits per heavy atom. The van der Waals surface area contributed by atoms with Crippen molar-refractivity contribution in [1.82, 2.24) is 5.32 Å². The first-order chi connectivity index (χ1) is 10.3. The summed E-state index contributed by atoms with van der Waals surface area (Å²) in [5.74, 6) is 1.71. The Labute approximate surface area is 129 Å². The third-order valence-electron chi connectivity index (χ3n) is 4.38. The van der Waals surface area contributed by atoms with Crippen LogP contribution in [-0.4, -0.2) is 26.4 Å². The summed E-state index contributed by atoms with van der Waals surface area (Å²) in [6, 6.07) is 8.19. The number of hydrogen-bond donors (Lipinski definition) is 1. The van der Waals surface area contributed by atoms with E-state index in [9.17, 15) is 0 Å². The Kier molecular flexibility index (Phi) is 7.04. The molecule has 2 atom stereocenters. The Bertz CT molecular complexity index is 408. The zero-order chi connectivity index (χ0) is 14.9. The zero-order valence-electron chi connectivity index (χ0n) is 13.4. The maximum atomic E-state index is 6.07. The summed E-state index contributed by atoms with van der Waals surface area (Å²) in [4.78, 5) is 0. The molecule has 0 aliphatic heterocycles. The summed E-state index contributed by atoms with van der Waals surface area (Å²) in [5.41, 5.74) is 1.20. The summed E-state index contributed by atoms with van der Waals surface area (Å²) in [7, 11) is 1.95. The molecule has 0 spiro atoms. The van der Waals surface area contributed by atoms with Gasteiger partial charge in [-0.1, -0.05) is 44.4 Å². The maximum Gasteiger partial charge on any atom is 0.123 e. The molecule has 1 aliphatic rings. The third-order valence-corrected chi connectivity index (χ3v) is 4.38. The van der Waals surface area contributed by atoms with Crippen LogP contribution >= 0.6 is 0 Å². The van der Waals surface area contributed by atoms with Crippen molar-refractivity contribution in [3.8, 4) is 5.75 Å². The van der Waals surface area contributed by atoms with E-state index in [0.717, 1.165) is 18.2 Å². The van der Waals surface area contributed by atoms with Crippen LogP contribution in [0.25, 0.3) is 0 Å². The lowest BCUT2D eigenvalue weighted by atomic mass is 9.85. The first-order valence-corrected chi connectivity index (χ1v) is 8.32. The minimum Gasteiger partial charge on any atom is -0.491 e. The highest BCUT2D eigenvalue weighted by Gasteiger charge is 2.23. The molecule has 1 aromatic rings. The zero-order valence-corrected chi connectivity index (χ0v) is 13.4. The lowest BCUT2D eigenvalue weighted by Crippen LogP contribution is -2.28. The van der Waals surface area contributed by atoms with Gasteiger partial charge in [-0.05, 0) is 31.9 Å². The van der Waals surface area contributed by atoms with Gasteiger partial charge in [0.1, 0.15) is 12.4 Å². The fraction of sp³-hybridized carbons (Fsp3) is 0.667. The van der Waals surface area contributed by atoms with E-state index in [4.69, 9.17) is 9.47 Å². The second-order valence-electron chi connectivity index (χ2n) is 5.85. The van der Waals surface area contributed by atoms with Crippen LogP contribution in [0.15, 0.2) is 24.3 Å². The molecule has 1 fully saturated rings. The molecule has 0 aromatic heterocycles. The predicted octanol–water partition coefficient (Wildman–Crippen LogP) is 3.77. The molecule has 1 saturated carbocycles. The molecule has 0 amide bonds. The lowest BCUT2D eigenvalue weighted by molar-refractivity contribution is -0.0229. The van der Waals surface area contributed by atoms with Gasteiger partial charge in [0.15, 0.2) is 0 Å². The van der Waals surface area contributed by atoms with Crippen molar-refractivity contribution in [1.29, 1.82) is 0 Å². The van der Waals surface area contributed by atoms with Crippen molar-refractivity contribution in [2.45, 2.75) is 51.7 Å². The highest BCUT2D eigenvalue weighted by molar-refractivity contribution is 5.33. The maximum absolute atomic E-state index is 6.07. The van der Waals surface area contributed by atoms with Gasteiger partial charge in [-0.25, -0.2) is 0 Å². The molecule has 118 valence electrons. The third kappa shape index (κ3) is 5.01. The first kappa shape index (κ1) is 16.3. The molecular formula is C18H29NO2. The highest BCUT2D eigenvalue weighted by atomic mass is 16.5. The predicted molar refractivity (Wildman–Crippen MR) is 86.7 cm³/mol. The van der Waals surface area contributed by atoms with E-state index in [1.165, 1.54) is 37.7 Å². The normalized spacial score (nSPS) is 22.2. The van der Waals surface area contributed by atoms with Gasteiger partial charge in [0.2, 0.25) is 0 Å². The van der Waals surface area contributed by atoms with Crippen molar-refractivity contribution < 1.29 is 9.47 Å². The van der Waals surface area contributed by atoms with E-state index in [0.29, 0.717) is 19.3 Å². The van der Waals surface area contributed by atoms with Crippen LogP contribution in [0.5, 0.6) is 5.75 Å². The molecule has 0 bridgehead atoms. The molecular weight excluding hydrogens is 262 g/mol. The fourth-order valence-electron chi connectivity index (χ4n) is 3.19. The van der Waals surface area contributed by atoms with Crippen molar-refractivity contribution in [2.75, 3.05) is 20.3 Å². The van der Waals surface area contributed by atoms with Gasteiger partial charge in [0.05, 0.1) is 12.7 Å². The van der Waals surface area contributed by atoms with Gasteiger partial charge in [-0.15, -0.1) is 0 Å². The van der Waals surface area contributed by atoms with Crippen LogP contribution in [0.2, 0.25) is 0 Å². The van der Waals surface area contributed by atoms with Crippen LogP contribution in [0.3, 0.4) is 0 Å². The van der Waals surface area contributed by atoms with Gasteiger partial charge in [0, 0.05) is 12.1 Å². The lowest BCUT2D eigenvalue weighted by Gasteiger charge is -2.30. The monoisotopic (exact) mass is 291 g/mol. The van der Waals surface area contributed by atoms with E-state index in [2.05, 4.69) is 18.3 Å². The van der Waals surface area contributed by atoms with Gasteiger partial charge in [0.25, 0.3) is 0 Å². The van der Waals surface area contributed by atoms with Crippen LogP contribution in [-0.2, 0) is 11.3 Å². The summed E-state index contributed by atoms with van der Waals surface area (Å²) in [5, 5.41) is 3.17. The summed E-state index contributed by atoms with van der Waals surface area (Å²) >= 11 is 0. The molecule has 3 heteroatoms. The number of para-hydroxylation sites is 1. The smallest absolute Gasteiger partial charge is 0.123 e. The second-order valence-corrected chi connectivity index (χ2v) is 5.85. The van der Waals surface area contributed by atoms with Gasteiger partial charge in [-0.3, -0.25) is 0 Å². The van der Waals surface area contributed by atoms with Crippen LogP contribution in [0.1, 0.15) is 44.6 Å². The van der Waals surface area contributed by atoms with E-state index in [1.54, 1.807) is 0 Å². The first-order valence-electron chi connectivity index (χ1n) is 8.32. The van der Waals surface area contributed by atoms with Crippen LogP contribution < -0.4 is 10.1 Å². The average Bonchev–Trinajstić information content (AvgIpc) is 2.53. The number of rotatable bonds is 8. The molecule has 0 saturated heterocycles. The van der Waals surface area contributed by atoms with Gasteiger partial charge < -0.3 is 14.8 Å². The Balaban J connectivity index is 1.74. The largest absolute Gasteiger partial charge is 0.491 e. The van der Waals surface area contributed by atoms with Crippen molar-refractivity contribution in [3.05, 3.63) is 29.8 Å². The van der Waals surface area contributed by atoms with Gasteiger partial charge in [-0.2, -0.15) is 0 Å². The molecule has 0 radical (unpaired) electrons. The van der Waals surface area contributed by atoms with Gasteiger partial charge >= 0.3 is 0 Å². The Morgan fingerprint density at radius 1 is 1.14 bits per heavy atom. The SMILES string of the molecule is CCC1CCCCC1OCCOc1ccccc1CNC. The van der Waals surface area contributed by atoms with E-state index >= 15 is 0 Å². The van der Waals surface area contributed by atoms with Crippen molar-refractivity contribution >= 4 is 0 Å². The topological polar surface area (TPSA) is 30.5 Å². The Morgan fingerprint density at radius 2 is 1.95 bits per heavy atom. The van der Waals surface area contributed by atoms with E-state index in [1.807, 2.05) is 25.2 Å². The van der Waals surface area contributed by atoms with Crippen molar-refractivity contribution in [3.63, 3.8) is 0 Å². The number of nitrogens with one attached hydrogen (secondary N) is 1. The number of ether oxygens (including phenoxy) is 2. The highest BCUT2D eigenvalue weighted by Crippen LogP contribution is 2.29. The minimum atomic E-state index is 0.444. The van der Waals surface area contributed by atoms with Crippen LogP contribution in [0, 0.1) is 5.92 Å². The molecule has 1 aliphatic carbocycles.